The van der Waals surface area contributed by atoms with Gasteiger partial charge in [0.05, 0.1) is 18.4 Å². The van der Waals surface area contributed by atoms with Gasteiger partial charge in [-0.25, -0.2) is 0 Å². The van der Waals surface area contributed by atoms with E-state index in [9.17, 15) is 14.7 Å². The van der Waals surface area contributed by atoms with Crippen molar-refractivity contribution in [2.45, 2.75) is 105 Å². The molecule has 0 amide bonds. The molecule has 2 fully saturated rings. The van der Waals surface area contributed by atoms with Crippen LogP contribution in [0.2, 0.25) is 0 Å². The van der Waals surface area contributed by atoms with Gasteiger partial charge in [-0.1, -0.05) is 79.6 Å². The molecular formula is C26H46O4. The summed E-state index contributed by atoms with van der Waals surface area (Å²) in [4.78, 5) is 24.4. The largest absolute Gasteiger partial charge is 0.481 e. The van der Waals surface area contributed by atoms with Gasteiger partial charge in [0.1, 0.15) is 0 Å². The van der Waals surface area contributed by atoms with E-state index < -0.39 is 17.8 Å². The number of hydrogen-bond donors (Lipinski definition) is 1. The van der Waals surface area contributed by atoms with Crippen molar-refractivity contribution in [3.8, 4) is 0 Å². The Morgan fingerprint density at radius 2 is 1.63 bits per heavy atom. The number of carboxylic acids is 1. The number of ether oxygens (including phenoxy) is 1. The Labute approximate surface area is 184 Å². The lowest BCUT2D eigenvalue weighted by Gasteiger charge is -2.50. The highest BCUT2D eigenvalue weighted by atomic mass is 16.5. The maximum atomic E-state index is 12.8. The van der Waals surface area contributed by atoms with Crippen LogP contribution in [0.1, 0.15) is 105 Å². The molecule has 1 N–H and O–H groups in total. The molecule has 0 spiro atoms. The highest BCUT2D eigenvalue weighted by Gasteiger charge is 2.46. The average molecular weight is 423 g/mol. The molecule has 0 aromatic heterocycles. The first-order valence-electron chi connectivity index (χ1n) is 12.6. The van der Waals surface area contributed by atoms with Crippen LogP contribution >= 0.6 is 0 Å². The monoisotopic (exact) mass is 422 g/mol. The Morgan fingerprint density at radius 3 is 2.27 bits per heavy atom. The van der Waals surface area contributed by atoms with Gasteiger partial charge >= 0.3 is 11.9 Å². The number of esters is 1. The lowest BCUT2D eigenvalue weighted by atomic mass is 9.56. The third kappa shape index (κ3) is 6.47. The van der Waals surface area contributed by atoms with Crippen molar-refractivity contribution >= 4 is 11.9 Å². The summed E-state index contributed by atoms with van der Waals surface area (Å²) in [5.74, 6) is 0.0764. The standard InChI is InChI=1S/C26H46O4/c1-6-7-8-9-10-13-20-18(2)16-26(4,5)23(19(20)3)17-30-25(29)22-15-12-11-14-21(22)24(27)28/h18-23H,6-17H2,1-5H3,(H,27,28). The van der Waals surface area contributed by atoms with Gasteiger partial charge in [0.15, 0.2) is 0 Å². The van der Waals surface area contributed by atoms with Crippen LogP contribution < -0.4 is 0 Å². The Morgan fingerprint density at radius 1 is 1.00 bits per heavy atom. The second kappa shape index (κ2) is 11.5. The highest BCUT2D eigenvalue weighted by molar-refractivity contribution is 5.81. The van der Waals surface area contributed by atoms with Crippen LogP contribution in [0.5, 0.6) is 0 Å². The third-order valence-electron chi connectivity index (χ3n) is 8.32. The molecule has 0 aliphatic heterocycles. The molecular weight excluding hydrogens is 376 g/mol. The van der Waals surface area contributed by atoms with Crippen LogP contribution in [0.15, 0.2) is 0 Å². The summed E-state index contributed by atoms with van der Waals surface area (Å²) in [6.07, 6.45) is 12.1. The second-order valence-corrected chi connectivity index (χ2v) is 11.0. The zero-order valence-electron chi connectivity index (χ0n) is 20.1. The first-order chi connectivity index (χ1) is 14.2. The summed E-state index contributed by atoms with van der Waals surface area (Å²) in [6.45, 7) is 12.1. The molecule has 0 radical (unpaired) electrons. The van der Waals surface area contributed by atoms with Crippen molar-refractivity contribution in [2.24, 2.45) is 40.9 Å². The third-order valence-corrected chi connectivity index (χ3v) is 8.32. The molecule has 4 nitrogen and oxygen atoms in total. The van der Waals surface area contributed by atoms with Crippen molar-refractivity contribution in [3.05, 3.63) is 0 Å². The van der Waals surface area contributed by atoms with Crippen molar-refractivity contribution < 1.29 is 19.4 Å². The molecule has 2 aliphatic rings. The summed E-state index contributed by atoms with van der Waals surface area (Å²) in [5.41, 5.74) is 0.136. The molecule has 6 atom stereocenters. The van der Waals surface area contributed by atoms with E-state index >= 15 is 0 Å². The van der Waals surface area contributed by atoms with E-state index in [1.54, 1.807) is 0 Å². The summed E-state index contributed by atoms with van der Waals surface area (Å²) < 4.78 is 5.85. The molecule has 0 aromatic rings. The SMILES string of the molecule is CCCCCCCC1C(C)CC(C)(C)C(COC(=O)C2CCCCC2C(=O)O)C1C. The summed E-state index contributed by atoms with van der Waals surface area (Å²) in [5, 5.41) is 9.49. The quantitative estimate of drug-likeness (QED) is 0.314. The van der Waals surface area contributed by atoms with Crippen molar-refractivity contribution in [2.75, 3.05) is 6.61 Å². The van der Waals surface area contributed by atoms with Gasteiger partial charge in [-0.05, 0) is 48.9 Å². The molecule has 2 aliphatic carbocycles. The molecule has 6 unspecified atom stereocenters. The molecule has 2 rings (SSSR count). The zero-order valence-corrected chi connectivity index (χ0v) is 20.1. The first kappa shape index (κ1) is 25.2. The van der Waals surface area contributed by atoms with Gasteiger partial charge < -0.3 is 9.84 Å². The maximum absolute atomic E-state index is 12.8. The van der Waals surface area contributed by atoms with E-state index in [4.69, 9.17) is 4.74 Å². The van der Waals surface area contributed by atoms with E-state index in [1.165, 1.54) is 44.9 Å². The number of aliphatic carboxylic acids is 1. The molecule has 0 heterocycles. The number of rotatable bonds is 10. The average Bonchev–Trinajstić information content (AvgIpc) is 2.68. The van der Waals surface area contributed by atoms with Crippen LogP contribution in [-0.2, 0) is 14.3 Å². The van der Waals surface area contributed by atoms with Crippen LogP contribution in [0.25, 0.3) is 0 Å². The van der Waals surface area contributed by atoms with Gasteiger partial charge in [0.2, 0.25) is 0 Å². The molecule has 174 valence electrons. The van der Waals surface area contributed by atoms with Crippen LogP contribution in [0, 0.1) is 40.9 Å². The van der Waals surface area contributed by atoms with Gasteiger partial charge in [0, 0.05) is 5.92 Å². The number of carbonyl (C=O) groups excluding carboxylic acids is 1. The Kier molecular flexibility index (Phi) is 9.68. The maximum Gasteiger partial charge on any atom is 0.309 e. The van der Waals surface area contributed by atoms with Gasteiger partial charge in [-0.2, -0.15) is 0 Å². The summed E-state index contributed by atoms with van der Waals surface area (Å²) in [7, 11) is 0. The van der Waals surface area contributed by atoms with Gasteiger partial charge in [-0.15, -0.1) is 0 Å². The van der Waals surface area contributed by atoms with Crippen LogP contribution in [0.3, 0.4) is 0 Å². The summed E-state index contributed by atoms with van der Waals surface area (Å²) >= 11 is 0. The molecule has 4 heteroatoms. The summed E-state index contributed by atoms with van der Waals surface area (Å²) in [6, 6.07) is 0. The minimum atomic E-state index is -0.847. The molecule has 2 saturated carbocycles. The Balaban J connectivity index is 1.96. The predicted octanol–water partition coefficient (Wildman–Crippen LogP) is 6.72. The van der Waals surface area contributed by atoms with Gasteiger partial charge in [0.25, 0.3) is 0 Å². The fourth-order valence-electron chi connectivity index (χ4n) is 6.56. The lowest BCUT2D eigenvalue weighted by Crippen LogP contribution is -2.45. The minimum absolute atomic E-state index is 0.136. The zero-order chi connectivity index (χ0) is 22.3. The number of hydrogen-bond acceptors (Lipinski definition) is 3. The molecule has 0 saturated heterocycles. The van der Waals surface area contributed by atoms with E-state index in [-0.39, 0.29) is 11.4 Å². The number of carboxylic acid groups (broad SMARTS) is 1. The molecule has 0 aromatic carbocycles. The van der Waals surface area contributed by atoms with E-state index in [2.05, 4.69) is 34.6 Å². The smallest absolute Gasteiger partial charge is 0.309 e. The van der Waals surface area contributed by atoms with Crippen molar-refractivity contribution in [1.82, 2.24) is 0 Å². The topological polar surface area (TPSA) is 63.6 Å². The van der Waals surface area contributed by atoms with E-state index in [0.29, 0.717) is 43.1 Å². The fraction of sp³-hybridized carbons (Fsp3) is 0.923. The first-order valence-corrected chi connectivity index (χ1v) is 12.6. The lowest BCUT2D eigenvalue weighted by molar-refractivity contribution is -0.163. The number of unbranched alkanes of at least 4 members (excludes halogenated alkanes) is 4. The highest BCUT2D eigenvalue weighted by Crippen LogP contribution is 2.51. The second-order valence-electron chi connectivity index (χ2n) is 11.0. The van der Waals surface area contributed by atoms with Crippen molar-refractivity contribution in [3.63, 3.8) is 0 Å². The van der Waals surface area contributed by atoms with Crippen LogP contribution in [0.4, 0.5) is 0 Å². The van der Waals surface area contributed by atoms with Crippen LogP contribution in [-0.4, -0.2) is 23.7 Å². The van der Waals surface area contributed by atoms with E-state index in [1.807, 2.05) is 0 Å². The van der Waals surface area contributed by atoms with E-state index in [0.717, 1.165) is 12.8 Å². The Hall–Kier alpha value is -1.06. The van der Waals surface area contributed by atoms with Crippen molar-refractivity contribution in [1.29, 1.82) is 0 Å². The number of carbonyl (C=O) groups is 2. The predicted molar refractivity (Wildman–Crippen MR) is 121 cm³/mol. The normalized spacial score (nSPS) is 33.8. The fourth-order valence-corrected chi connectivity index (χ4v) is 6.56. The molecule has 0 bridgehead atoms. The van der Waals surface area contributed by atoms with Gasteiger partial charge in [-0.3, -0.25) is 9.59 Å². The minimum Gasteiger partial charge on any atom is -0.481 e. The molecule has 30 heavy (non-hydrogen) atoms. The Bertz CT molecular complexity index is 555.